The zero-order valence-corrected chi connectivity index (χ0v) is 9.22. The van der Waals surface area contributed by atoms with E-state index in [-0.39, 0.29) is 63.4 Å². The molecule has 1 N–H and O–H groups in total. The van der Waals surface area contributed by atoms with E-state index in [4.69, 9.17) is 5.11 Å². The smallest absolute Gasteiger partial charge is 1.00 e. The van der Waals surface area contributed by atoms with Gasteiger partial charge in [-0.25, -0.2) is 0 Å². The van der Waals surface area contributed by atoms with Gasteiger partial charge in [-0.2, -0.15) is 0 Å². The van der Waals surface area contributed by atoms with E-state index in [1.54, 1.807) is 0 Å². The second-order valence-electron chi connectivity index (χ2n) is 0.724. The molecule has 5 heteroatoms. The molecule has 0 rings (SSSR count). The van der Waals surface area contributed by atoms with Crippen molar-refractivity contribution in [2.24, 2.45) is 0 Å². The van der Waals surface area contributed by atoms with Crippen molar-refractivity contribution in [1.29, 1.82) is 0 Å². The molecule has 0 aromatic carbocycles. The number of aliphatic hydroxyl groups excluding tert-OH is 1. The maximum atomic E-state index is 7.88. The minimum absolute atomic E-state index is 0. The second kappa shape index (κ2) is 37.6. The van der Waals surface area contributed by atoms with Gasteiger partial charge in [0, 0.05) is 6.61 Å². The summed E-state index contributed by atoms with van der Waals surface area (Å²) in [5, 5.41) is 7.88. The molecule has 0 aliphatic heterocycles. The first-order valence-corrected chi connectivity index (χ1v) is 1.52. The van der Waals surface area contributed by atoms with E-state index in [0.717, 1.165) is 6.42 Å². The van der Waals surface area contributed by atoms with E-state index >= 15 is 0 Å². The van der Waals surface area contributed by atoms with E-state index in [1.807, 2.05) is 6.92 Å². The molecule has 0 spiro atoms. The predicted molar refractivity (Wildman–Crippen MR) is 17.4 cm³/mol. The van der Waals surface area contributed by atoms with Gasteiger partial charge in [0.15, 0.2) is 0 Å². The number of rotatable bonds is 1. The van der Waals surface area contributed by atoms with Crippen LogP contribution in [0.3, 0.4) is 0 Å². The van der Waals surface area contributed by atoms with Crippen LogP contribution in [-0.4, -0.2) is 11.7 Å². The van der Waals surface area contributed by atoms with Crippen LogP contribution >= 0.6 is 0 Å². The largest absolute Gasteiger partial charge is 3.00 e. The number of halogens is 3. The van der Waals surface area contributed by atoms with Gasteiger partial charge in [-0.15, -0.1) is 0 Å². The molecule has 0 amide bonds. The Morgan fingerprint density at radius 3 is 1.25 bits per heavy atom. The third-order valence-corrected chi connectivity index (χ3v) is 0.224. The molecule has 0 atom stereocenters. The van der Waals surface area contributed by atoms with Crippen LogP contribution < -0.4 is 37.2 Å². The molecule has 0 unspecified atom stereocenters. The fraction of sp³-hybridized carbons (Fsp3) is 1.00. The van der Waals surface area contributed by atoms with Crippen LogP contribution in [0.2, 0.25) is 0 Å². The van der Waals surface area contributed by atoms with Crippen molar-refractivity contribution in [3.05, 3.63) is 0 Å². The minimum atomic E-state index is 0. The van der Waals surface area contributed by atoms with Gasteiger partial charge >= 0.3 is 26.2 Å². The first-order chi connectivity index (χ1) is 1.91. The van der Waals surface area contributed by atoms with Crippen LogP contribution in [0, 0.1) is 0 Å². The Kier molecular flexibility index (Phi) is 156. The normalized spacial score (nSPS) is 3.75. The topological polar surface area (TPSA) is 20.2 Å². The first-order valence-electron chi connectivity index (χ1n) is 1.52. The molecule has 0 fully saturated rings. The van der Waals surface area contributed by atoms with Crippen molar-refractivity contribution < 1.29 is 68.5 Å². The van der Waals surface area contributed by atoms with Gasteiger partial charge in [-0.1, -0.05) is 6.92 Å². The van der Waals surface area contributed by atoms with E-state index in [2.05, 4.69) is 0 Å². The van der Waals surface area contributed by atoms with Gasteiger partial charge in [0.1, 0.15) is 0 Å². The molecule has 0 aromatic rings. The van der Waals surface area contributed by atoms with Crippen molar-refractivity contribution >= 4 is 0 Å². The van der Waals surface area contributed by atoms with E-state index in [1.165, 1.54) is 0 Å². The molecule has 0 saturated carbocycles. The molecule has 0 saturated heterocycles. The van der Waals surface area contributed by atoms with Crippen LogP contribution in [0.4, 0.5) is 0 Å². The summed E-state index contributed by atoms with van der Waals surface area (Å²) in [5.41, 5.74) is 0. The second-order valence-corrected chi connectivity index (χ2v) is 0.724. The minimum Gasteiger partial charge on any atom is -1.00 e. The van der Waals surface area contributed by atoms with Gasteiger partial charge in [-0.3, -0.25) is 0 Å². The summed E-state index contributed by atoms with van der Waals surface area (Å²) in [6.45, 7) is 2.25. The summed E-state index contributed by atoms with van der Waals surface area (Å²) in [7, 11) is 0. The molecule has 0 heterocycles. The van der Waals surface area contributed by atoms with Crippen molar-refractivity contribution in [2.75, 3.05) is 6.61 Å². The molecule has 0 aliphatic rings. The molecule has 1 radical (unpaired) electrons. The monoisotopic (exact) mass is 255 g/mol. The Morgan fingerprint density at radius 1 is 1.12 bits per heavy atom. The Hall–Kier alpha value is 1.71. The Balaban J connectivity index is -0.00000000750. The van der Waals surface area contributed by atoms with Crippen LogP contribution in [0.1, 0.15) is 13.3 Å². The SMILES string of the molecule is CCCO.[Cl-].[Cl-].[Cl-].[Zr+3]. The van der Waals surface area contributed by atoms with Crippen molar-refractivity contribution in [2.45, 2.75) is 13.3 Å². The number of aliphatic hydroxyl groups is 1. The van der Waals surface area contributed by atoms with Crippen LogP contribution in [0.15, 0.2) is 0 Å². The average molecular weight is 258 g/mol. The summed E-state index contributed by atoms with van der Waals surface area (Å²) in [6, 6.07) is 0. The maximum Gasteiger partial charge on any atom is 3.00 e. The standard InChI is InChI=1S/C3H8O.3ClH.Zr/c1-2-3-4;;;;/h4H,2-3H2,1H3;3*1H;/q;;;;+3/p-3. The van der Waals surface area contributed by atoms with Crippen LogP contribution in [-0.2, 0) is 26.2 Å². The summed E-state index contributed by atoms with van der Waals surface area (Å²) < 4.78 is 0. The summed E-state index contributed by atoms with van der Waals surface area (Å²) in [4.78, 5) is 0. The van der Waals surface area contributed by atoms with Crippen molar-refractivity contribution in [1.82, 2.24) is 0 Å². The van der Waals surface area contributed by atoms with E-state index in [9.17, 15) is 0 Å². The van der Waals surface area contributed by atoms with Gasteiger partial charge in [-0.05, 0) is 6.42 Å². The van der Waals surface area contributed by atoms with Gasteiger partial charge in [0.25, 0.3) is 0 Å². The predicted octanol–water partition coefficient (Wildman–Crippen LogP) is -8.60. The summed E-state index contributed by atoms with van der Waals surface area (Å²) in [5.74, 6) is 0. The Morgan fingerprint density at radius 2 is 1.25 bits per heavy atom. The molecule has 0 aliphatic carbocycles. The van der Waals surface area contributed by atoms with Crippen LogP contribution in [0.5, 0.6) is 0 Å². The third kappa shape index (κ3) is 47.2. The molecular formula is C3H8Cl3OZr. The van der Waals surface area contributed by atoms with Crippen molar-refractivity contribution in [3.8, 4) is 0 Å². The quantitative estimate of drug-likeness (QED) is 0.495. The molecule has 51 valence electrons. The van der Waals surface area contributed by atoms with Gasteiger partial charge in [0.05, 0.1) is 0 Å². The van der Waals surface area contributed by atoms with E-state index < -0.39 is 0 Å². The summed E-state index contributed by atoms with van der Waals surface area (Å²) >= 11 is 0. The fourth-order valence-corrected chi connectivity index (χ4v) is 0. The zero-order chi connectivity index (χ0) is 3.41. The third-order valence-electron chi connectivity index (χ3n) is 0.224. The zero-order valence-electron chi connectivity index (χ0n) is 4.50. The maximum absolute atomic E-state index is 7.88. The molecule has 8 heavy (non-hydrogen) atoms. The Bertz CT molecular complexity index is 16.5. The summed E-state index contributed by atoms with van der Waals surface area (Å²) in [6.07, 6.45) is 0.875. The molecule has 0 aromatic heterocycles. The number of hydrogen-bond acceptors (Lipinski definition) is 1. The average Bonchev–Trinajstić information content (AvgIpc) is 1.37. The molecular weight excluding hydrogens is 250 g/mol. The first kappa shape index (κ1) is 33.2. The van der Waals surface area contributed by atoms with Crippen molar-refractivity contribution in [3.63, 3.8) is 0 Å². The van der Waals surface area contributed by atoms with Gasteiger partial charge in [0.2, 0.25) is 0 Å². The Labute approximate surface area is 88.0 Å². The fourth-order valence-electron chi connectivity index (χ4n) is 0. The van der Waals surface area contributed by atoms with Gasteiger partial charge < -0.3 is 42.3 Å². The van der Waals surface area contributed by atoms with E-state index in [0.29, 0.717) is 6.61 Å². The van der Waals surface area contributed by atoms with Crippen LogP contribution in [0.25, 0.3) is 0 Å². The number of hydrogen-bond donors (Lipinski definition) is 1. The molecule has 0 bridgehead atoms. The molecule has 1 nitrogen and oxygen atoms in total.